The summed E-state index contributed by atoms with van der Waals surface area (Å²) < 4.78 is 7.99. The quantitative estimate of drug-likeness (QED) is 0.487. The van der Waals surface area contributed by atoms with Crippen LogP contribution in [0.2, 0.25) is 0 Å². The molecular formula is C20H21N9O2S. The number of nitrogens with one attached hydrogen (secondary N) is 1. The monoisotopic (exact) mass is 451 g/mol. The lowest BCUT2D eigenvalue weighted by Gasteiger charge is -2.25. The van der Waals surface area contributed by atoms with Gasteiger partial charge in [-0.25, -0.2) is 19.6 Å². The number of hydrogen-bond donors (Lipinski definition) is 1. The Hall–Kier alpha value is -3.51. The van der Waals surface area contributed by atoms with Gasteiger partial charge in [0.15, 0.2) is 5.13 Å². The average Bonchev–Trinajstić information content (AvgIpc) is 3.47. The van der Waals surface area contributed by atoms with Gasteiger partial charge in [-0.15, -0.1) is 5.10 Å². The van der Waals surface area contributed by atoms with E-state index in [2.05, 4.69) is 40.7 Å². The third-order valence-corrected chi connectivity index (χ3v) is 6.06. The number of aromatic nitrogens is 7. The average molecular weight is 452 g/mol. The molecule has 1 amide bonds. The van der Waals surface area contributed by atoms with E-state index in [-0.39, 0.29) is 11.9 Å². The maximum absolute atomic E-state index is 12.8. The number of carbonyl (C=O) groups is 1. The van der Waals surface area contributed by atoms with Crippen LogP contribution in [0.4, 0.5) is 10.9 Å². The van der Waals surface area contributed by atoms with Crippen LogP contribution in [0.15, 0.2) is 30.5 Å². The predicted molar refractivity (Wildman–Crippen MR) is 120 cm³/mol. The van der Waals surface area contributed by atoms with Crippen LogP contribution in [0.25, 0.3) is 21.7 Å². The van der Waals surface area contributed by atoms with E-state index in [1.807, 2.05) is 13.8 Å². The van der Waals surface area contributed by atoms with E-state index in [4.69, 9.17) is 4.74 Å². The van der Waals surface area contributed by atoms with Gasteiger partial charge >= 0.3 is 0 Å². The highest BCUT2D eigenvalue weighted by atomic mass is 32.1. The van der Waals surface area contributed by atoms with Crippen molar-refractivity contribution < 1.29 is 9.53 Å². The summed E-state index contributed by atoms with van der Waals surface area (Å²) in [4.78, 5) is 28.5. The number of thiazole rings is 1. The van der Waals surface area contributed by atoms with Gasteiger partial charge in [0.05, 0.1) is 30.2 Å². The Bertz CT molecular complexity index is 1260. The van der Waals surface area contributed by atoms with Gasteiger partial charge in [0.25, 0.3) is 5.91 Å². The van der Waals surface area contributed by atoms with Crippen molar-refractivity contribution in [3.63, 3.8) is 0 Å². The molecule has 0 aliphatic carbocycles. The van der Waals surface area contributed by atoms with Crippen LogP contribution in [0, 0.1) is 0 Å². The second kappa shape index (κ2) is 8.55. The zero-order valence-corrected chi connectivity index (χ0v) is 18.4. The third kappa shape index (κ3) is 4.01. The van der Waals surface area contributed by atoms with Crippen molar-refractivity contribution in [1.29, 1.82) is 0 Å². The first-order valence-electron chi connectivity index (χ1n) is 10.2. The van der Waals surface area contributed by atoms with Gasteiger partial charge in [-0.1, -0.05) is 17.4 Å². The molecule has 0 unspecified atom stereocenters. The molecule has 0 bridgehead atoms. The molecular weight excluding hydrogens is 430 g/mol. The van der Waals surface area contributed by atoms with Crippen LogP contribution >= 0.6 is 11.3 Å². The van der Waals surface area contributed by atoms with E-state index in [9.17, 15) is 4.79 Å². The van der Waals surface area contributed by atoms with Crippen molar-refractivity contribution in [3.8, 4) is 11.5 Å². The molecule has 1 aliphatic rings. The Kier molecular flexibility index (Phi) is 5.45. The summed E-state index contributed by atoms with van der Waals surface area (Å²) in [5, 5.41) is 15.5. The van der Waals surface area contributed by atoms with Crippen LogP contribution in [-0.2, 0) is 4.74 Å². The van der Waals surface area contributed by atoms with Crippen molar-refractivity contribution in [2.75, 3.05) is 36.5 Å². The first kappa shape index (κ1) is 20.4. The molecule has 32 heavy (non-hydrogen) atoms. The van der Waals surface area contributed by atoms with Crippen LogP contribution in [-0.4, -0.2) is 67.4 Å². The number of nitrogens with zero attached hydrogens (tertiary/aromatic N) is 8. The number of rotatable bonds is 5. The third-order valence-electron chi connectivity index (χ3n) is 4.98. The minimum Gasteiger partial charge on any atom is -0.378 e. The molecule has 0 saturated carbocycles. The van der Waals surface area contributed by atoms with Crippen molar-refractivity contribution in [2.24, 2.45) is 0 Å². The van der Waals surface area contributed by atoms with Crippen molar-refractivity contribution in [3.05, 3.63) is 36.2 Å². The Balaban J connectivity index is 1.36. The Morgan fingerprint density at radius 1 is 1.22 bits per heavy atom. The van der Waals surface area contributed by atoms with Gasteiger partial charge in [0.1, 0.15) is 22.7 Å². The van der Waals surface area contributed by atoms with Crippen molar-refractivity contribution in [1.82, 2.24) is 35.2 Å². The lowest BCUT2D eigenvalue weighted by molar-refractivity contribution is 0.102. The lowest BCUT2D eigenvalue weighted by atomic mass is 10.3. The van der Waals surface area contributed by atoms with E-state index in [1.54, 1.807) is 46.5 Å². The smallest absolute Gasteiger partial charge is 0.275 e. The molecule has 12 heteroatoms. The Labute approximate surface area is 187 Å². The number of anilines is 2. The molecule has 4 aromatic rings. The fourth-order valence-corrected chi connectivity index (χ4v) is 4.38. The van der Waals surface area contributed by atoms with Crippen LogP contribution < -0.4 is 10.2 Å². The van der Waals surface area contributed by atoms with Gasteiger partial charge in [-0.2, -0.15) is 0 Å². The summed E-state index contributed by atoms with van der Waals surface area (Å²) in [6, 6.07) is 7.15. The van der Waals surface area contributed by atoms with E-state index in [0.717, 1.165) is 28.4 Å². The van der Waals surface area contributed by atoms with Gasteiger partial charge in [-0.3, -0.25) is 4.79 Å². The molecule has 0 atom stereocenters. The van der Waals surface area contributed by atoms with Gasteiger partial charge < -0.3 is 15.0 Å². The molecule has 11 nitrogen and oxygen atoms in total. The van der Waals surface area contributed by atoms with Gasteiger partial charge in [-0.05, 0) is 42.5 Å². The molecule has 5 rings (SSSR count). The first-order valence-corrected chi connectivity index (χ1v) is 11.1. The second-order valence-electron chi connectivity index (χ2n) is 7.54. The maximum Gasteiger partial charge on any atom is 0.275 e. The summed E-state index contributed by atoms with van der Waals surface area (Å²) in [6.07, 6.45) is 1.63. The van der Waals surface area contributed by atoms with E-state index >= 15 is 0 Å². The van der Waals surface area contributed by atoms with E-state index in [1.165, 1.54) is 0 Å². The molecule has 164 valence electrons. The largest absolute Gasteiger partial charge is 0.378 e. The fraction of sp³-hybridized carbons (Fsp3) is 0.350. The molecule has 1 fully saturated rings. The molecule has 4 aromatic heterocycles. The number of morpholine rings is 1. The SMILES string of the molecule is CC(C)n1nnnc1-c1cccc(NC(=O)c2cc3sc(N4CCOCC4)nc3cn2)n1. The molecule has 0 radical (unpaired) electrons. The number of fused-ring (bicyclic) bond motifs is 1. The highest BCUT2D eigenvalue weighted by molar-refractivity contribution is 7.22. The zero-order chi connectivity index (χ0) is 22.1. The highest BCUT2D eigenvalue weighted by Gasteiger charge is 2.18. The summed E-state index contributed by atoms with van der Waals surface area (Å²) in [5.74, 6) is 0.586. The normalized spacial score (nSPS) is 14.3. The Morgan fingerprint density at radius 3 is 2.88 bits per heavy atom. The number of ether oxygens (including phenoxy) is 1. The number of amides is 1. The van der Waals surface area contributed by atoms with Gasteiger partial charge in [0.2, 0.25) is 5.82 Å². The molecule has 1 N–H and O–H groups in total. The van der Waals surface area contributed by atoms with E-state index in [0.29, 0.717) is 36.2 Å². The number of pyridine rings is 2. The summed E-state index contributed by atoms with van der Waals surface area (Å²) in [6.45, 7) is 6.97. The zero-order valence-electron chi connectivity index (χ0n) is 17.6. The number of hydrogen-bond acceptors (Lipinski definition) is 10. The summed E-state index contributed by atoms with van der Waals surface area (Å²) >= 11 is 1.55. The molecule has 0 spiro atoms. The Morgan fingerprint density at radius 2 is 2.06 bits per heavy atom. The highest BCUT2D eigenvalue weighted by Crippen LogP contribution is 2.29. The predicted octanol–water partition coefficient (Wildman–Crippen LogP) is 2.41. The lowest BCUT2D eigenvalue weighted by Crippen LogP contribution is -2.36. The standard InChI is InChI=1S/C20H21N9O2S/c1-12(2)29-18(25-26-27-29)13-4-3-5-17(22-13)24-19(30)14-10-16-15(11-21-14)23-20(32-16)28-6-8-31-9-7-28/h3-5,10-12H,6-9H2,1-2H3,(H,22,24,30). The maximum atomic E-state index is 12.8. The van der Waals surface area contributed by atoms with Crippen molar-refractivity contribution in [2.45, 2.75) is 19.9 Å². The topological polar surface area (TPSA) is 124 Å². The minimum atomic E-state index is -0.346. The molecule has 1 aliphatic heterocycles. The van der Waals surface area contributed by atoms with Crippen LogP contribution in [0.5, 0.6) is 0 Å². The number of carbonyl (C=O) groups excluding carboxylic acids is 1. The fourth-order valence-electron chi connectivity index (χ4n) is 3.35. The van der Waals surface area contributed by atoms with Crippen LogP contribution in [0.1, 0.15) is 30.4 Å². The summed E-state index contributed by atoms with van der Waals surface area (Å²) in [7, 11) is 0. The minimum absolute atomic E-state index is 0.0812. The molecule has 5 heterocycles. The second-order valence-corrected chi connectivity index (χ2v) is 8.55. The molecule has 0 aromatic carbocycles. The first-order chi connectivity index (χ1) is 15.6. The van der Waals surface area contributed by atoms with Crippen molar-refractivity contribution >= 4 is 38.4 Å². The molecule has 1 saturated heterocycles. The van der Waals surface area contributed by atoms with E-state index < -0.39 is 0 Å². The summed E-state index contributed by atoms with van der Waals surface area (Å²) in [5.41, 5.74) is 1.64. The number of tetrazole rings is 1. The van der Waals surface area contributed by atoms with Gasteiger partial charge in [0, 0.05) is 13.1 Å². The van der Waals surface area contributed by atoms with Crippen LogP contribution in [0.3, 0.4) is 0 Å².